The average molecular weight is 346 g/mol. The molecule has 9 nitrogen and oxygen atoms in total. The van der Waals surface area contributed by atoms with Crippen LogP contribution in [0.15, 0.2) is 6.20 Å². The van der Waals surface area contributed by atoms with E-state index in [1.807, 2.05) is 6.92 Å². The highest BCUT2D eigenvalue weighted by Crippen LogP contribution is 2.17. The third kappa shape index (κ3) is 4.62. The number of tetrazole rings is 1. The van der Waals surface area contributed by atoms with Gasteiger partial charge in [0, 0.05) is 18.9 Å². The van der Waals surface area contributed by atoms with E-state index in [9.17, 15) is 4.79 Å². The van der Waals surface area contributed by atoms with Crippen LogP contribution in [0.3, 0.4) is 0 Å². The molecule has 3 rings (SSSR count). The van der Waals surface area contributed by atoms with Gasteiger partial charge in [0.05, 0.1) is 13.1 Å². The van der Waals surface area contributed by atoms with Crippen LogP contribution in [0.5, 0.6) is 0 Å². The zero-order chi connectivity index (χ0) is 17.8. The van der Waals surface area contributed by atoms with Crippen LogP contribution < -0.4 is 0 Å². The molecule has 1 aliphatic rings. The minimum atomic E-state index is -0.0464. The Labute approximate surface area is 147 Å². The number of nitrogens with one attached hydrogen (secondary N) is 1. The molecule has 0 bridgehead atoms. The first kappa shape index (κ1) is 17.5. The number of rotatable bonds is 6. The number of hydrogen-bond donors (Lipinski definition) is 1. The number of aromatic amines is 1. The van der Waals surface area contributed by atoms with Crippen molar-refractivity contribution in [1.82, 2.24) is 40.0 Å². The second-order valence-corrected chi connectivity index (χ2v) is 6.97. The molecule has 1 fully saturated rings. The first-order valence-electron chi connectivity index (χ1n) is 8.73. The second-order valence-electron chi connectivity index (χ2n) is 6.97. The Morgan fingerprint density at radius 3 is 2.84 bits per heavy atom. The molecule has 1 amide bonds. The number of carbonyl (C=O) groups excluding carboxylic acids is 1. The third-order valence-corrected chi connectivity index (χ3v) is 4.70. The fraction of sp³-hybridized carbons (Fsp3) is 0.688. The average Bonchev–Trinajstić information content (AvgIpc) is 3.19. The van der Waals surface area contributed by atoms with Crippen molar-refractivity contribution in [2.45, 2.75) is 46.3 Å². The number of H-pyrrole nitrogens is 1. The van der Waals surface area contributed by atoms with Gasteiger partial charge in [-0.1, -0.05) is 6.92 Å². The van der Waals surface area contributed by atoms with Crippen LogP contribution in [0.25, 0.3) is 0 Å². The standard InChI is InChI=1S/C16H26N8O/c1-12-4-6-23(7-5-12)10-15-19-20-21-24(15)11-16(25)22(3)9-14-17-8-13(2)18-14/h8,12H,4-7,9-11H2,1-3H3,(H,17,18). The molecule has 1 saturated heterocycles. The molecule has 0 radical (unpaired) electrons. The number of aromatic nitrogens is 6. The van der Waals surface area contributed by atoms with Gasteiger partial charge in [-0.2, -0.15) is 0 Å². The highest BCUT2D eigenvalue weighted by atomic mass is 16.2. The number of likely N-dealkylation sites (N-methyl/N-ethyl adjacent to an activating group) is 1. The number of amides is 1. The number of nitrogens with zero attached hydrogens (tertiary/aromatic N) is 7. The second kappa shape index (κ2) is 7.73. The molecule has 0 saturated carbocycles. The first-order chi connectivity index (χ1) is 12.0. The maximum atomic E-state index is 12.5. The molecule has 9 heteroatoms. The van der Waals surface area contributed by atoms with Crippen LogP contribution in [-0.2, 0) is 24.4 Å². The van der Waals surface area contributed by atoms with Gasteiger partial charge in [-0.15, -0.1) is 5.10 Å². The van der Waals surface area contributed by atoms with E-state index >= 15 is 0 Å². The SMILES string of the molecule is Cc1cnc(CN(C)C(=O)Cn2nnnc2CN2CCC(C)CC2)[nH]1. The monoisotopic (exact) mass is 346 g/mol. The van der Waals surface area contributed by atoms with Gasteiger partial charge in [-0.3, -0.25) is 9.69 Å². The fourth-order valence-electron chi connectivity index (χ4n) is 2.99. The summed E-state index contributed by atoms with van der Waals surface area (Å²) in [5.74, 6) is 2.25. The largest absolute Gasteiger partial charge is 0.345 e. The smallest absolute Gasteiger partial charge is 0.244 e. The maximum absolute atomic E-state index is 12.5. The van der Waals surface area contributed by atoms with Gasteiger partial charge in [0.25, 0.3) is 0 Å². The Morgan fingerprint density at radius 2 is 2.16 bits per heavy atom. The van der Waals surface area contributed by atoms with Crippen LogP contribution >= 0.6 is 0 Å². The Hall–Kier alpha value is -2.29. The fourth-order valence-corrected chi connectivity index (χ4v) is 2.99. The van der Waals surface area contributed by atoms with E-state index in [2.05, 4.69) is 37.3 Å². The minimum Gasteiger partial charge on any atom is -0.345 e. The summed E-state index contributed by atoms with van der Waals surface area (Å²) in [6.45, 7) is 7.61. The Balaban J connectivity index is 1.55. The summed E-state index contributed by atoms with van der Waals surface area (Å²) in [5, 5.41) is 11.8. The summed E-state index contributed by atoms with van der Waals surface area (Å²) in [6.07, 6.45) is 4.16. The summed E-state index contributed by atoms with van der Waals surface area (Å²) in [5.41, 5.74) is 0.981. The summed E-state index contributed by atoms with van der Waals surface area (Å²) in [7, 11) is 1.76. The zero-order valence-electron chi connectivity index (χ0n) is 15.1. The summed E-state index contributed by atoms with van der Waals surface area (Å²) in [4.78, 5) is 23.8. The van der Waals surface area contributed by atoms with E-state index in [4.69, 9.17) is 0 Å². The molecule has 0 unspecified atom stereocenters. The van der Waals surface area contributed by atoms with Crippen molar-refractivity contribution in [2.24, 2.45) is 5.92 Å². The highest BCUT2D eigenvalue weighted by molar-refractivity contribution is 5.75. The van der Waals surface area contributed by atoms with Gasteiger partial charge in [0.15, 0.2) is 5.82 Å². The van der Waals surface area contributed by atoms with E-state index in [1.165, 1.54) is 12.8 Å². The van der Waals surface area contributed by atoms with Crippen LogP contribution in [0, 0.1) is 12.8 Å². The molecule has 0 aromatic carbocycles. The van der Waals surface area contributed by atoms with Crippen molar-refractivity contribution in [3.63, 3.8) is 0 Å². The van der Waals surface area contributed by atoms with E-state index in [0.29, 0.717) is 13.1 Å². The van der Waals surface area contributed by atoms with Gasteiger partial charge < -0.3 is 9.88 Å². The van der Waals surface area contributed by atoms with E-state index in [1.54, 1.807) is 22.8 Å². The molecule has 0 spiro atoms. The van der Waals surface area contributed by atoms with Crippen molar-refractivity contribution in [3.8, 4) is 0 Å². The molecule has 1 N–H and O–H groups in total. The highest BCUT2D eigenvalue weighted by Gasteiger charge is 2.20. The summed E-state index contributed by atoms with van der Waals surface area (Å²) < 4.78 is 1.60. The van der Waals surface area contributed by atoms with Gasteiger partial charge in [-0.05, 0) is 49.2 Å². The Bertz CT molecular complexity index is 701. The Morgan fingerprint density at radius 1 is 1.40 bits per heavy atom. The van der Waals surface area contributed by atoms with Gasteiger partial charge >= 0.3 is 0 Å². The molecule has 136 valence electrons. The topological polar surface area (TPSA) is 95.8 Å². The van der Waals surface area contributed by atoms with Crippen molar-refractivity contribution < 1.29 is 4.79 Å². The minimum absolute atomic E-state index is 0.0464. The van der Waals surface area contributed by atoms with E-state index in [-0.39, 0.29) is 12.5 Å². The van der Waals surface area contributed by atoms with E-state index in [0.717, 1.165) is 36.4 Å². The molecular formula is C16H26N8O. The number of likely N-dealkylation sites (tertiary alicyclic amines) is 1. The molecule has 0 atom stereocenters. The number of aryl methyl sites for hydroxylation is 1. The van der Waals surface area contributed by atoms with Gasteiger partial charge in [-0.25, -0.2) is 9.67 Å². The quantitative estimate of drug-likeness (QED) is 0.823. The van der Waals surface area contributed by atoms with E-state index < -0.39 is 0 Å². The molecule has 2 aromatic rings. The lowest BCUT2D eigenvalue weighted by molar-refractivity contribution is -0.131. The number of hydrogen-bond acceptors (Lipinski definition) is 6. The predicted octanol–water partition coefficient (Wildman–Crippen LogP) is 0.595. The van der Waals surface area contributed by atoms with Crippen molar-refractivity contribution in [2.75, 3.05) is 20.1 Å². The van der Waals surface area contributed by atoms with Crippen molar-refractivity contribution in [1.29, 1.82) is 0 Å². The van der Waals surface area contributed by atoms with Crippen LogP contribution in [0.4, 0.5) is 0 Å². The summed E-state index contributed by atoms with van der Waals surface area (Å²) >= 11 is 0. The van der Waals surface area contributed by atoms with Crippen molar-refractivity contribution in [3.05, 3.63) is 23.5 Å². The lowest BCUT2D eigenvalue weighted by atomic mass is 9.99. The van der Waals surface area contributed by atoms with Crippen LogP contribution in [0.1, 0.15) is 37.1 Å². The molecule has 1 aliphatic heterocycles. The normalized spacial score (nSPS) is 16.3. The number of imidazole rings is 1. The third-order valence-electron chi connectivity index (χ3n) is 4.70. The van der Waals surface area contributed by atoms with Gasteiger partial charge in [0.2, 0.25) is 5.91 Å². The van der Waals surface area contributed by atoms with Crippen LogP contribution in [-0.4, -0.2) is 66.0 Å². The van der Waals surface area contributed by atoms with Gasteiger partial charge in [0.1, 0.15) is 12.4 Å². The number of carbonyl (C=O) groups is 1. The first-order valence-corrected chi connectivity index (χ1v) is 8.73. The molecule has 25 heavy (non-hydrogen) atoms. The zero-order valence-corrected chi connectivity index (χ0v) is 15.1. The molecular weight excluding hydrogens is 320 g/mol. The molecule has 2 aromatic heterocycles. The lowest BCUT2D eigenvalue weighted by Crippen LogP contribution is -2.35. The Kier molecular flexibility index (Phi) is 5.42. The lowest BCUT2D eigenvalue weighted by Gasteiger charge is -2.29. The molecule has 0 aliphatic carbocycles. The molecule has 3 heterocycles. The van der Waals surface area contributed by atoms with Crippen LogP contribution in [0.2, 0.25) is 0 Å². The predicted molar refractivity (Wildman–Crippen MR) is 91.3 cm³/mol. The number of piperidine rings is 1. The van der Waals surface area contributed by atoms with Crippen molar-refractivity contribution >= 4 is 5.91 Å². The summed E-state index contributed by atoms with van der Waals surface area (Å²) in [6, 6.07) is 0. The maximum Gasteiger partial charge on any atom is 0.244 e.